The Morgan fingerprint density at radius 3 is 1.61 bits per heavy atom. The van der Waals surface area contributed by atoms with Crippen LogP contribution in [0.3, 0.4) is 0 Å². The van der Waals surface area contributed by atoms with Crippen molar-refractivity contribution in [2.45, 2.75) is 12.8 Å². The van der Waals surface area contributed by atoms with Gasteiger partial charge in [0.2, 0.25) is 0 Å². The zero-order valence-electron chi connectivity index (χ0n) is 14.7. The predicted octanol–water partition coefficient (Wildman–Crippen LogP) is -1.11. The van der Waals surface area contributed by atoms with Gasteiger partial charge < -0.3 is 41.8 Å². The molecule has 0 aliphatic carbocycles. The fourth-order valence-corrected chi connectivity index (χ4v) is 3.58. The number of carboxylic acids is 2. The minimum atomic E-state index is -4.26. The number of aliphatic carboxylic acids is 2. The molecule has 11 N–H and O–H groups in total. The number of hydrogen-bond donors (Lipinski definition) is 8. The van der Waals surface area contributed by atoms with Crippen molar-refractivity contribution >= 4 is 50.6 Å². The lowest BCUT2D eigenvalue weighted by atomic mass is 10.5. The lowest BCUT2D eigenvalue weighted by Gasteiger charge is -2.09. The standard InChI is InChI=1S/C5H12NO5PS.C3H6O2S.C2H8NO4P.H2O/c6-2-3-11-12(9,10)13-4-1-5(7)8;4-3(5)1-2-6;3-1-2-7-8(4,5)6;/h1-4,6H2,(H,7,8)(H,9,10);6H,1-2H2,(H,4,5);1-3H2,(H2,4,5,6);1H2. The van der Waals surface area contributed by atoms with Crippen LogP contribution in [0.25, 0.3) is 0 Å². The van der Waals surface area contributed by atoms with Gasteiger partial charge >= 0.3 is 26.6 Å². The first-order valence-corrected chi connectivity index (χ1v) is 12.4. The van der Waals surface area contributed by atoms with Crippen LogP contribution in [0.1, 0.15) is 12.8 Å². The second-order valence-corrected chi connectivity index (χ2v) is 9.75. The number of carbonyl (C=O) groups is 2. The maximum Gasteiger partial charge on any atom is 0.469 e. The van der Waals surface area contributed by atoms with E-state index >= 15 is 0 Å². The number of rotatable bonds is 12. The fourth-order valence-electron chi connectivity index (χ4n) is 0.721. The summed E-state index contributed by atoms with van der Waals surface area (Å²) in [6.07, 6.45) is -0.00961. The molecule has 14 nitrogen and oxygen atoms in total. The van der Waals surface area contributed by atoms with Crippen LogP contribution in [0.4, 0.5) is 0 Å². The van der Waals surface area contributed by atoms with E-state index in [9.17, 15) is 18.7 Å². The highest BCUT2D eigenvalue weighted by atomic mass is 32.7. The van der Waals surface area contributed by atoms with Crippen molar-refractivity contribution in [3.05, 3.63) is 0 Å². The average molecular weight is 494 g/mol. The van der Waals surface area contributed by atoms with E-state index in [0.29, 0.717) is 17.1 Å². The van der Waals surface area contributed by atoms with Crippen molar-refractivity contribution in [1.82, 2.24) is 0 Å². The van der Waals surface area contributed by atoms with Gasteiger partial charge in [0.1, 0.15) is 0 Å². The summed E-state index contributed by atoms with van der Waals surface area (Å²) in [5.74, 6) is -1.32. The monoisotopic (exact) mass is 494 g/mol. The Morgan fingerprint density at radius 2 is 1.36 bits per heavy atom. The van der Waals surface area contributed by atoms with Gasteiger partial charge in [0.05, 0.1) is 26.1 Å². The van der Waals surface area contributed by atoms with Gasteiger partial charge in [-0.15, -0.1) is 0 Å². The van der Waals surface area contributed by atoms with Crippen LogP contribution in [-0.2, 0) is 27.8 Å². The molecule has 0 radical (unpaired) electrons. The molecule has 1 atom stereocenters. The highest BCUT2D eigenvalue weighted by molar-refractivity contribution is 8.54. The molecule has 0 heterocycles. The van der Waals surface area contributed by atoms with Crippen molar-refractivity contribution < 1.29 is 58.1 Å². The zero-order chi connectivity index (χ0) is 21.9. The molecular formula is C10H28N2O12P2S2. The quantitative estimate of drug-likeness (QED) is 0.118. The van der Waals surface area contributed by atoms with Gasteiger partial charge in [-0.05, 0) is 11.4 Å². The van der Waals surface area contributed by atoms with Crippen LogP contribution in [0.5, 0.6) is 0 Å². The van der Waals surface area contributed by atoms with Crippen LogP contribution in [-0.4, -0.2) is 80.1 Å². The summed E-state index contributed by atoms with van der Waals surface area (Å²) in [5, 5.41) is 16.1. The smallest absolute Gasteiger partial charge is 0.469 e. The third-order valence-electron chi connectivity index (χ3n) is 1.65. The van der Waals surface area contributed by atoms with E-state index < -0.39 is 26.6 Å². The average Bonchev–Trinajstić information content (AvgIpc) is 2.51. The molecular weight excluding hydrogens is 466 g/mol. The molecule has 0 aromatic rings. The van der Waals surface area contributed by atoms with Gasteiger partial charge in [-0.2, -0.15) is 12.6 Å². The molecule has 0 aromatic heterocycles. The van der Waals surface area contributed by atoms with Gasteiger partial charge in [0, 0.05) is 24.6 Å². The SMILES string of the molecule is NCCOP(=O)(O)O.NCCOP(=O)(O)SCCC(=O)O.O.O=C(O)CCS. The molecule has 0 saturated carbocycles. The molecule has 0 bridgehead atoms. The van der Waals surface area contributed by atoms with Gasteiger partial charge in [0.15, 0.2) is 0 Å². The van der Waals surface area contributed by atoms with Crippen molar-refractivity contribution in [2.75, 3.05) is 37.8 Å². The number of nitrogens with two attached hydrogens (primary N) is 2. The largest absolute Gasteiger partial charge is 0.481 e. The molecule has 28 heavy (non-hydrogen) atoms. The number of thiol groups is 1. The molecule has 0 fully saturated rings. The Bertz CT molecular complexity index is 493. The first-order valence-electron chi connectivity index (χ1n) is 7.07. The maximum absolute atomic E-state index is 11.0. The van der Waals surface area contributed by atoms with E-state index in [2.05, 4.69) is 21.7 Å². The molecule has 0 aliphatic heterocycles. The van der Waals surface area contributed by atoms with E-state index in [4.69, 9.17) is 36.4 Å². The molecule has 0 saturated heterocycles. The molecule has 172 valence electrons. The lowest BCUT2D eigenvalue weighted by Crippen LogP contribution is -2.06. The second kappa shape index (κ2) is 21.5. The zero-order valence-corrected chi connectivity index (χ0v) is 18.2. The number of phosphoric ester groups is 1. The van der Waals surface area contributed by atoms with Crippen LogP contribution in [0, 0.1) is 0 Å². The summed E-state index contributed by atoms with van der Waals surface area (Å²) >= 11 is 4.28. The molecule has 0 aliphatic rings. The first kappa shape index (κ1) is 35.2. The third kappa shape index (κ3) is 40.5. The van der Waals surface area contributed by atoms with Crippen molar-refractivity contribution in [1.29, 1.82) is 0 Å². The van der Waals surface area contributed by atoms with Crippen LogP contribution < -0.4 is 11.5 Å². The predicted molar refractivity (Wildman–Crippen MR) is 106 cm³/mol. The Labute approximate surface area is 171 Å². The minimum absolute atomic E-state index is 0. The van der Waals surface area contributed by atoms with E-state index in [1.807, 2.05) is 0 Å². The Morgan fingerprint density at radius 1 is 0.929 bits per heavy atom. The number of hydrogen-bond acceptors (Lipinski definition) is 10. The van der Waals surface area contributed by atoms with Gasteiger partial charge in [0.25, 0.3) is 0 Å². The van der Waals surface area contributed by atoms with Gasteiger partial charge in [-0.3, -0.25) is 18.6 Å². The van der Waals surface area contributed by atoms with E-state index in [-0.39, 0.29) is 50.4 Å². The summed E-state index contributed by atoms with van der Waals surface area (Å²) in [6.45, 7) is -3.53. The van der Waals surface area contributed by atoms with Crippen molar-refractivity contribution in [2.24, 2.45) is 11.5 Å². The van der Waals surface area contributed by atoms with Crippen LogP contribution in [0.2, 0.25) is 0 Å². The van der Waals surface area contributed by atoms with E-state index in [1.54, 1.807) is 0 Å². The molecule has 1 unspecified atom stereocenters. The minimum Gasteiger partial charge on any atom is -0.481 e. The van der Waals surface area contributed by atoms with Gasteiger partial charge in [-0.1, -0.05) is 0 Å². The number of carboxylic acid groups (broad SMARTS) is 2. The maximum atomic E-state index is 11.0. The highest BCUT2D eigenvalue weighted by Crippen LogP contribution is 2.55. The molecule has 0 rings (SSSR count). The highest BCUT2D eigenvalue weighted by Gasteiger charge is 2.19. The Kier molecular flexibility index (Phi) is 27.0. The van der Waals surface area contributed by atoms with Crippen molar-refractivity contribution in [3.8, 4) is 0 Å². The Balaban J connectivity index is -0.000000165. The van der Waals surface area contributed by atoms with Gasteiger partial charge in [-0.25, -0.2) is 9.13 Å². The molecule has 0 amide bonds. The fraction of sp³-hybridized carbons (Fsp3) is 0.800. The molecule has 18 heteroatoms. The van der Waals surface area contributed by atoms with Crippen molar-refractivity contribution in [3.63, 3.8) is 0 Å². The summed E-state index contributed by atoms with van der Waals surface area (Å²) in [5.41, 5.74) is 9.92. The van der Waals surface area contributed by atoms with Crippen LogP contribution in [0.15, 0.2) is 0 Å². The second-order valence-electron chi connectivity index (χ2n) is 4.05. The third-order valence-corrected chi connectivity index (χ3v) is 5.45. The molecule has 0 aromatic carbocycles. The summed E-state index contributed by atoms with van der Waals surface area (Å²) in [6, 6.07) is 0. The number of phosphoric acid groups is 1. The normalized spacial score (nSPS) is 12.2. The van der Waals surface area contributed by atoms with E-state index in [1.165, 1.54) is 0 Å². The summed E-state index contributed by atoms with van der Waals surface area (Å²) in [4.78, 5) is 44.6. The first-order chi connectivity index (χ1) is 12.3. The topological polar surface area (TPSA) is 271 Å². The lowest BCUT2D eigenvalue weighted by molar-refractivity contribution is -0.137. The summed E-state index contributed by atoms with van der Waals surface area (Å²) < 4.78 is 29.2. The molecule has 0 spiro atoms. The van der Waals surface area contributed by atoms with Crippen LogP contribution >= 0.6 is 38.6 Å². The summed E-state index contributed by atoms with van der Waals surface area (Å²) in [7, 11) is -4.26. The van der Waals surface area contributed by atoms with E-state index in [0.717, 1.165) is 0 Å². The Hall–Kier alpha value is -0.220.